The molecule has 5 rings (SSSR count). The molecule has 0 aromatic heterocycles. The van der Waals surface area contributed by atoms with Gasteiger partial charge in [0.2, 0.25) is 0 Å². The van der Waals surface area contributed by atoms with Crippen LogP contribution in [0.3, 0.4) is 0 Å². The first kappa shape index (κ1) is 39.8. The highest BCUT2D eigenvalue weighted by molar-refractivity contribution is 7.79. The maximum Gasteiger partial charge on any atom is 0.339 e. The van der Waals surface area contributed by atoms with E-state index in [-0.39, 0.29) is 41.3 Å². The Morgan fingerprint density at radius 1 is 0.961 bits per heavy atom. The molecular formula is C44H66N2O4S. The summed E-state index contributed by atoms with van der Waals surface area (Å²) in [7, 11) is 0. The Morgan fingerprint density at radius 3 is 2.39 bits per heavy atom. The number of carbonyl (C=O) groups excluding carboxylic acids is 2. The van der Waals surface area contributed by atoms with E-state index in [4.69, 9.17) is 33.2 Å². The minimum Gasteiger partial charge on any atom is -0.458 e. The summed E-state index contributed by atoms with van der Waals surface area (Å²) in [5.41, 5.74) is 12.2. The van der Waals surface area contributed by atoms with Gasteiger partial charge in [0, 0.05) is 17.3 Å². The highest BCUT2D eigenvalue weighted by atomic mass is 32.1. The Kier molecular flexibility index (Phi) is 12.8. The number of esters is 2. The van der Waals surface area contributed by atoms with E-state index in [1.165, 1.54) is 50.3 Å². The van der Waals surface area contributed by atoms with Gasteiger partial charge in [-0.05, 0) is 130 Å². The second-order valence-corrected chi connectivity index (χ2v) is 18.4. The first-order valence-corrected chi connectivity index (χ1v) is 20.4. The fourth-order valence-electron chi connectivity index (χ4n) is 11.4. The van der Waals surface area contributed by atoms with Gasteiger partial charge < -0.3 is 20.9 Å². The van der Waals surface area contributed by atoms with Crippen molar-refractivity contribution in [2.75, 3.05) is 0 Å². The minimum atomic E-state index is -0.702. The molecule has 4 saturated carbocycles. The van der Waals surface area contributed by atoms with Gasteiger partial charge >= 0.3 is 11.9 Å². The topological polar surface area (TPSA) is 105 Å². The Morgan fingerprint density at radius 2 is 1.69 bits per heavy atom. The predicted molar refractivity (Wildman–Crippen MR) is 211 cm³/mol. The van der Waals surface area contributed by atoms with Crippen molar-refractivity contribution in [2.45, 2.75) is 137 Å². The number of rotatable bonds is 12. The van der Waals surface area contributed by atoms with Crippen LogP contribution in [0.2, 0.25) is 0 Å². The van der Waals surface area contributed by atoms with Crippen LogP contribution in [0.15, 0.2) is 59.9 Å². The molecule has 0 saturated heterocycles. The average Bonchev–Trinajstić information content (AvgIpc) is 3.32. The van der Waals surface area contributed by atoms with E-state index in [0.29, 0.717) is 40.9 Å². The summed E-state index contributed by atoms with van der Waals surface area (Å²) >= 11 is 5.30. The van der Waals surface area contributed by atoms with Crippen LogP contribution in [-0.2, 0) is 19.1 Å². The van der Waals surface area contributed by atoms with Crippen molar-refractivity contribution in [1.82, 2.24) is 0 Å². The van der Waals surface area contributed by atoms with Gasteiger partial charge in [-0.15, -0.1) is 0 Å². The predicted octanol–water partition coefficient (Wildman–Crippen LogP) is 9.35. The summed E-state index contributed by atoms with van der Waals surface area (Å²) in [5, 5.41) is 1.41. The summed E-state index contributed by atoms with van der Waals surface area (Å²) in [6.07, 6.45) is 26.4. The molecule has 12 atom stereocenters. The van der Waals surface area contributed by atoms with Crippen molar-refractivity contribution in [2.24, 2.45) is 69.6 Å². The molecule has 4 fully saturated rings. The van der Waals surface area contributed by atoms with Crippen LogP contribution in [-0.4, -0.2) is 35.0 Å². The molecule has 0 radical (unpaired) electrons. The molecule has 0 spiro atoms. The third-order valence-corrected chi connectivity index (χ3v) is 14.3. The Hall–Kier alpha value is -2.35. The number of fused-ring (bicyclic) bond motifs is 5. The van der Waals surface area contributed by atoms with Gasteiger partial charge in [0.15, 0.2) is 0 Å². The van der Waals surface area contributed by atoms with Crippen LogP contribution in [0.4, 0.5) is 0 Å². The van der Waals surface area contributed by atoms with Gasteiger partial charge in [-0.25, -0.2) is 4.79 Å². The maximum atomic E-state index is 13.8. The first-order chi connectivity index (χ1) is 24.1. The smallest absolute Gasteiger partial charge is 0.339 e. The Balaban J connectivity index is 1.40. The zero-order valence-corrected chi connectivity index (χ0v) is 33.3. The molecule has 5 aliphatic rings. The second kappa shape index (κ2) is 16.3. The van der Waals surface area contributed by atoms with Crippen LogP contribution in [0, 0.1) is 58.2 Å². The number of allylic oxidation sites excluding steroid dienone is 5. The van der Waals surface area contributed by atoms with Gasteiger partial charge in [-0.2, -0.15) is 0 Å². The van der Waals surface area contributed by atoms with E-state index in [1.807, 2.05) is 38.2 Å². The molecule has 7 heteroatoms. The molecule has 0 aromatic carbocycles. The third kappa shape index (κ3) is 8.90. The fraction of sp³-hybridized carbons (Fsp3) is 0.705. The molecule has 4 N–H and O–H groups in total. The van der Waals surface area contributed by atoms with Gasteiger partial charge in [-0.1, -0.05) is 96.5 Å². The van der Waals surface area contributed by atoms with Gasteiger partial charge in [0.1, 0.15) is 11.9 Å². The lowest BCUT2D eigenvalue weighted by molar-refractivity contribution is -0.189. The normalized spacial score (nSPS) is 39.0. The van der Waals surface area contributed by atoms with Gasteiger partial charge in [-0.3, -0.25) is 4.79 Å². The monoisotopic (exact) mass is 718 g/mol. The molecule has 0 aliphatic heterocycles. The van der Waals surface area contributed by atoms with Crippen LogP contribution < -0.4 is 11.5 Å². The number of ether oxygens (including phenoxy) is 2. The Bertz CT molecular complexity index is 1440. The summed E-state index contributed by atoms with van der Waals surface area (Å²) < 4.78 is 12.6. The summed E-state index contributed by atoms with van der Waals surface area (Å²) in [6.45, 7) is 16.0. The van der Waals surface area contributed by atoms with Crippen LogP contribution in [0.5, 0.6) is 0 Å². The zero-order valence-electron chi connectivity index (χ0n) is 32.4. The lowest BCUT2D eigenvalue weighted by Crippen LogP contribution is -2.59. The summed E-state index contributed by atoms with van der Waals surface area (Å²) in [6, 6.07) is -0.133. The molecule has 5 aliphatic carbocycles. The fourth-order valence-corrected chi connectivity index (χ4v) is 11.6. The molecular weight excluding hydrogens is 653 g/mol. The molecule has 0 amide bonds. The van der Waals surface area contributed by atoms with Crippen molar-refractivity contribution < 1.29 is 19.1 Å². The highest BCUT2D eigenvalue weighted by Crippen LogP contribution is 2.69. The minimum absolute atomic E-state index is 0.0371. The van der Waals surface area contributed by atoms with Gasteiger partial charge in [0.25, 0.3) is 0 Å². The van der Waals surface area contributed by atoms with E-state index >= 15 is 0 Å². The third-order valence-electron chi connectivity index (χ3n) is 14.0. The SMILES string of the molecule is CC(N)/C=C\C=C(/C=S)C(=O)OC1CC2C3CCC(C(C)CCCC(C)C)C3(C)CCC2C2(C)CCC(C(=O)OC3=CC(C)(N)C=CC=C3)CC12. The van der Waals surface area contributed by atoms with E-state index in [2.05, 4.69) is 34.6 Å². The Labute approximate surface area is 314 Å². The van der Waals surface area contributed by atoms with E-state index in [9.17, 15) is 9.59 Å². The lowest BCUT2D eigenvalue weighted by Gasteiger charge is -2.62. The number of nitrogens with two attached hydrogens (primary N) is 2. The number of carbonyl (C=O) groups is 2. The maximum absolute atomic E-state index is 13.8. The molecule has 51 heavy (non-hydrogen) atoms. The summed E-state index contributed by atoms with van der Waals surface area (Å²) in [5.74, 6) is 3.53. The van der Waals surface area contributed by atoms with Crippen molar-refractivity contribution in [3.63, 3.8) is 0 Å². The van der Waals surface area contributed by atoms with E-state index in [1.54, 1.807) is 24.3 Å². The number of hydrogen-bond acceptors (Lipinski definition) is 7. The molecule has 0 aromatic rings. The average molecular weight is 719 g/mol. The van der Waals surface area contributed by atoms with Gasteiger partial charge in [0.05, 0.1) is 17.0 Å². The van der Waals surface area contributed by atoms with Crippen LogP contribution >= 0.6 is 12.2 Å². The second-order valence-electron chi connectivity index (χ2n) is 18.2. The number of thiocarbonyl (C=S) groups is 1. The molecule has 282 valence electrons. The quantitative estimate of drug-likeness (QED) is 0.0897. The standard InChI is InChI=1S/C44H66N2O4S/c1-28(2)12-10-13-29(3)35-17-18-36-34-25-39(50-41(48)32(27-51)15-11-14-30(4)45)38-24-31(19-22-44(38,7)37(34)20-23-43(35,36)6)40(47)49-33-16-8-9-21-42(5,46)26-33/h8-9,11,14-16,21,26-31,34-39H,10,12-13,17-20,22-25,45-46H2,1-7H3/b14-11-,32-15+. The highest BCUT2D eigenvalue weighted by Gasteiger charge is 2.63. The summed E-state index contributed by atoms with van der Waals surface area (Å²) in [4.78, 5) is 27.6. The largest absolute Gasteiger partial charge is 0.458 e. The number of hydrogen-bond donors (Lipinski definition) is 2. The first-order valence-electron chi connectivity index (χ1n) is 20.0. The van der Waals surface area contributed by atoms with Crippen molar-refractivity contribution in [3.05, 3.63) is 59.9 Å². The lowest BCUT2D eigenvalue weighted by atomic mass is 9.43. The molecule has 12 unspecified atom stereocenters. The van der Waals surface area contributed by atoms with Crippen molar-refractivity contribution in [1.29, 1.82) is 0 Å². The van der Waals surface area contributed by atoms with Crippen LogP contribution in [0.25, 0.3) is 0 Å². The van der Waals surface area contributed by atoms with E-state index in [0.717, 1.165) is 37.0 Å². The van der Waals surface area contributed by atoms with Crippen molar-refractivity contribution >= 4 is 29.5 Å². The molecule has 0 bridgehead atoms. The van der Waals surface area contributed by atoms with Crippen LogP contribution in [0.1, 0.15) is 119 Å². The zero-order chi connectivity index (χ0) is 37.1. The molecule has 6 nitrogen and oxygen atoms in total. The van der Waals surface area contributed by atoms with E-state index < -0.39 is 5.54 Å². The molecule has 0 heterocycles. The van der Waals surface area contributed by atoms with Crippen molar-refractivity contribution in [3.8, 4) is 0 Å².